The van der Waals surface area contributed by atoms with E-state index in [-0.39, 0.29) is 0 Å². The fourth-order valence-electron chi connectivity index (χ4n) is 1.95. The first-order valence-electron chi connectivity index (χ1n) is 6.75. The van der Waals surface area contributed by atoms with Crippen molar-refractivity contribution in [2.24, 2.45) is 0 Å². The van der Waals surface area contributed by atoms with Crippen molar-refractivity contribution in [3.8, 4) is 5.75 Å². The van der Waals surface area contributed by atoms with Crippen LogP contribution in [0.25, 0.3) is 0 Å². The Labute approximate surface area is 125 Å². The summed E-state index contributed by atoms with van der Waals surface area (Å²) < 4.78 is 5.78. The number of nitrogens with one attached hydrogen (secondary N) is 1. The first kappa shape index (κ1) is 14.9. The molecule has 1 unspecified atom stereocenters. The lowest BCUT2D eigenvalue weighted by atomic mass is 10.1. The van der Waals surface area contributed by atoms with Crippen LogP contribution in [0.3, 0.4) is 0 Å². The van der Waals surface area contributed by atoms with E-state index in [9.17, 15) is 0 Å². The Morgan fingerprint density at radius 3 is 2.45 bits per heavy atom. The third-order valence-electron chi connectivity index (χ3n) is 3.42. The average Bonchev–Trinajstić information content (AvgIpc) is 2.46. The average molecular weight is 290 g/mol. The Bertz CT molecular complexity index is 566. The monoisotopic (exact) mass is 289 g/mol. The number of halogens is 1. The second-order valence-electron chi connectivity index (χ2n) is 4.96. The lowest BCUT2D eigenvalue weighted by Crippen LogP contribution is -2.11. The third kappa shape index (κ3) is 3.75. The van der Waals surface area contributed by atoms with Crippen molar-refractivity contribution in [1.82, 2.24) is 5.32 Å². The minimum atomic E-state index is 0.343. The van der Waals surface area contributed by atoms with E-state index in [1.165, 1.54) is 5.56 Å². The minimum absolute atomic E-state index is 0.343. The molecule has 3 heteroatoms. The molecule has 0 aliphatic carbocycles. The van der Waals surface area contributed by atoms with Gasteiger partial charge >= 0.3 is 0 Å². The van der Waals surface area contributed by atoms with Gasteiger partial charge in [0.05, 0.1) is 0 Å². The lowest BCUT2D eigenvalue weighted by molar-refractivity contribution is 0.306. The van der Waals surface area contributed by atoms with Gasteiger partial charge in [-0.1, -0.05) is 35.9 Å². The topological polar surface area (TPSA) is 21.3 Å². The SMILES string of the molecule is CNC(C)c1ccc(OCc2ccc(C)cc2Cl)cc1. The second-order valence-corrected chi connectivity index (χ2v) is 5.37. The zero-order valence-corrected chi connectivity index (χ0v) is 12.9. The van der Waals surface area contributed by atoms with Gasteiger partial charge < -0.3 is 10.1 Å². The van der Waals surface area contributed by atoms with Crippen molar-refractivity contribution in [2.75, 3.05) is 7.05 Å². The van der Waals surface area contributed by atoms with Crippen LogP contribution < -0.4 is 10.1 Å². The van der Waals surface area contributed by atoms with Crippen LogP contribution >= 0.6 is 11.6 Å². The van der Waals surface area contributed by atoms with Gasteiger partial charge in [-0.05, 0) is 50.2 Å². The Kier molecular flexibility index (Phi) is 5.05. The van der Waals surface area contributed by atoms with Crippen LogP contribution in [0.15, 0.2) is 42.5 Å². The Balaban J connectivity index is 2.00. The number of aryl methyl sites for hydroxylation is 1. The summed E-state index contributed by atoms with van der Waals surface area (Å²) in [5, 5.41) is 3.97. The highest BCUT2D eigenvalue weighted by Gasteiger charge is 2.04. The van der Waals surface area contributed by atoms with Crippen molar-refractivity contribution in [3.05, 3.63) is 64.2 Å². The van der Waals surface area contributed by atoms with Crippen LogP contribution in [0.5, 0.6) is 5.75 Å². The van der Waals surface area contributed by atoms with E-state index in [1.54, 1.807) is 0 Å². The van der Waals surface area contributed by atoms with E-state index in [4.69, 9.17) is 16.3 Å². The maximum absolute atomic E-state index is 6.19. The molecule has 0 bridgehead atoms. The first-order chi connectivity index (χ1) is 9.60. The Morgan fingerprint density at radius 1 is 1.15 bits per heavy atom. The molecule has 0 aliphatic heterocycles. The summed E-state index contributed by atoms with van der Waals surface area (Å²) in [4.78, 5) is 0. The molecule has 106 valence electrons. The fraction of sp³-hybridized carbons (Fsp3) is 0.294. The Morgan fingerprint density at radius 2 is 1.85 bits per heavy atom. The van der Waals surface area contributed by atoms with Crippen LogP contribution in [-0.2, 0) is 6.61 Å². The lowest BCUT2D eigenvalue weighted by Gasteiger charge is -2.12. The fourth-order valence-corrected chi connectivity index (χ4v) is 2.24. The highest BCUT2D eigenvalue weighted by atomic mass is 35.5. The van der Waals surface area contributed by atoms with Crippen LogP contribution in [0.2, 0.25) is 5.02 Å². The van der Waals surface area contributed by atoms with Gasteiger partial charge in [-0.15, -0.1) is 0 Å². The van der Waals surface area contributed by atoms with Gasteiger partial charge in [0.25, 0.3) is 0 Å². The smallest absolute Gasteiger partial charge is 0.119 e. The summed E-state index contributed by atoms with van der Waals surface area (Å²) >= 11 is 6.19. The van der Waals surface area contributed by atoms with Crippen molar-refractivity contribution in [1.29, 1.82) is 0 Å². The van der Waals surface area contributed by atoms with Crippen molar-refractivity contribution in [2.45, 2.75) is 26.5 Å². The second kappa shape index (κ2) is 6.78. The number of ether oxygens (including phenoxy) is 1. The molecule has 1 atom stereocenters. The molecule has 0 amide bonds. The van der Waals surface area contributed by atoms with Crippen molar-refractivity contribution < 1.29 is 4.74 Å². The zero-order valence-electron chi connectivity index (χ0n) is 12.1. The van der Waals surface area contributed by atoms with Gasteiger partial charge in [-0.3, -0.25) is 0 Å². The maximum Gasteiger partial charge on any atom is 0.119 e. The zero-order chi connectivity index (χ0) is 14.5. The normalized spacial score (nSPS) is 12.2. The third-order valence-corrected chi connectivity index (χ3v) is 3.77. The summed E-state index contributed by atoms with van der Waals surface area (Å²) in [6.45, 7) is 4.64. The molecular weight excluding hydrogens is 270 g/mol. The largest absolute Gasteiger partial charge is 0.489 e. The Hall–Kier alpha value is -1.51. The molecule has 2 rings (SSSR count). The summed E-state index contributed by atoms with van der Waals surface area (Å²) in [5.41, 5.74) is 3.40. The molecule has 2 aromatic carbocycles. The number of benzene rings is 2. The summed E-state index contributed by atoms with van der Waals surface area (Å²) in [5.74, 6) is 0.855. The quantitative estimate of drug-likeness (QED) is 0.874. The molecule has 20 heavy (non-hydrogen) atoms. The predicted molar refractivity (Wildman–Crippen MR) is 84.4 cm³/mol. The molecular formula is C17H20ClNO. The van der Waals surface area contributed by atoms with E-state index in [0.29, 0.717) is 12.6 Å². The van der Waals surface area contributed by atoms with Gasteiger partial charge in [-0.25, -0.2) is 0 Å². The van der Waals surface area contributed by atoms with Gasteiger partial charge in [0.1, 0.15) is 12.4 Å². The van der Waals surface area contributed by atoms with Crippen LogP contribution in [0, 0.1) is 6.92 Å². The molecule has 2 nitrogen and oxygen atoms in total. The van der Waals surface area contributed by atoms with Crippen LogP contribution in [0.1, 0.15) is 29.7 Å². The van der Waals surface area contributed by atoms with E-state index >= 15 is 0 Å². The van der Waals surface area contributed by atoms with E-state index < -0.39 is 0 Å². The van der Waals surface area contributed by atoms with Gasteiger partial charge in [-0.2, -0.15) is 0 Å². The standard InChI is InChI=1S/C17H20ClNO/c1-12-4-5-15(17(18)10-12)11-20-16-8-6-14(7-9-16)13(2)19-3/h4-10,13,19H,11H2,1-3H3. The van der Waals surface area contributed by atoms with Crippen LogP contribution in [-0.4, -0.2) is 7.05 Å². The van der Waals surface area contributed by atoms with Gasteiger partial charge in [0.15, 0.2) is 0 Å². The number of rotatable bonds is 5. The molecule has 0 radical (unpaired) electrons. The van der Waals surface area contributed by atoms with E-state index in [1.807, 2.05) is 44.3 Å². The molecule has 2 aromatic rings. The van der Waals surface area contributed by atoms with Gasteiger partial charge in [0.2, 0.25) is 0 Å². The molecule has 0 saturated heterocycles. The summed E-state index contributed by atoms with van der Waals surface area (Å²) in [6.07, 6.45) is 0. The highest BCUT2D eigenvalue weighted by molar-refractivity contribution is 6.31. The van der Waals surface area contributed by atoms with E-state index in [2.05, 4.69) is 24.4 Å². The number of hydrogen-bond donors (Lipinski definition) is 1. The summed E-state index contributed by atoms with van der Waals surface area (Å²) in [6, 6.07) is 14.5. The molecule has 0 heterocycles. The van der Waals surface area contributed by atoms with E-state index in [0.717, 1.165) is 21.9 Å². The maximum atomic E-state index is 6.19. The molecule has 0 fully saturated rings. The number of hydrogen-bond acceptors (Lipinski definition) is 2. The minimum Gasteiger partial charge on any atom is -0.489 e. The molecule has 0 aromatic heterocycles. The first-order valence-corrected chi connectivity index (χ1v) is 7.13. The highest BCUT2D eigenvalue weighted by Crippen LogP contribution is 2.21. The van der Waals surface area contributed by atoms with Crippen molar-refractivity contribution in [3.63, 3.8) is 0 Å². The molecule has 0 spiro atoms. The molecule has 0 aliphatic rings. The van der Waals surface area contributed by atoms with Crippen LogP contribution in [0.4, 0.5) is 0 Å². The summed E-state index contributed by atoms with van der Waals surface area (Å²) in [7, 11) is 1.95. The molecule has 1 N–H and O–H groups in total. The molecule has 0 saturated carbocycles. The van der Waals surface area contributed by atoms with Gasteiger partial charge in [0, 0.05) is 16.6 Å². The predicted octanol–water partition coefficient (Wildman–Crippen LogP) is 4.51. The van der Waals surface area contributed by atoms with Crippen molar-refractivity contribution >= 4 is 11.6 Å².